The molecule has 4 nitrogen and oxygen atoms in total. The highest BCUT2D eigenvalue weighted by molar-refractivity contribution is 5.89. The minimum Gasteiger partial charge on any atom is -0.338 e. The van der Waals surface area contributed by atoms with E-state index in [-0.39, 0.29) is 12.1 Å². The fourth-order valence-corrected chi connectivity index (χ4v) is 1.55. The SMILES string of the molecule is CC(C)CCNC(=O)Nc1cccc(C(C)N)c1. The van der Waals surface area contributed by atoms with Crippen LogP contribution in [0.1, 0.15) is 38.8 Å². The van der Waals surface area contributed by atoms with Gasteiger partial charge in [0.2, 0.25) is 0 Å². The van der Waals surface area contributed by atoms with E-state index >= 15 is 0 Å². The number of amides is 2. The molecule has 18 heavy (non-hydrogen) atoms. The van der Waals surface area contributed by atoms with Gasteiger partial charge in [0.15, 0.2) is 0 Å². The third-order valence-corrected chi connectivity index (χ3v) is 2.68. The van der Waals surface area contributed by atoms with E-state index in [0.29, 0.717) is 12.5 Å². The van der Waals surface area contributed by atoms with Crippen LogP contribution in [0, 0.1) is 5.92 Å². The summed E-state index contributed by atoms with van der Waals surface area (Å²) in [6.07, 6.45) is 0.979. The van der Waals surface area contributed by atoms with Crippen molar-refractivity contribution in [3.63, 3.8) is 0 Å². The van der Waals surface area contributed by atoms with Crippen molar-refractivity contribution in [2.45, 2.75) is 33.2 Å². The zero-order valence-electron chi connectivity index (χ0n) is 11.4. The third kappa shape index (κ3) is 5.19. The largest absolute Gasteiger partial charge is 0.338 e. The Kier molecular flexibility index (Phi) is 5.65. The molecule has 100 valence electrons. The number of carbonyl (C=O) groups is 1. The Bertz CT molecular complexity index is 388. The van der Waals surface area contributed by atoms with Crippen LogP contribution in [0.3, 0.4) is 0 Å². The first-order valence-electron chi connectivity index (χ1n) is 6.39. The minimum absolute atomic E-state index is 0.0317. The predicted octanol–water partition coefficient (Wildman–Crippen LogP) is 2.87. The van der Waals surface area contributed by atoms with Gasteiger partial charge in [0, 0.05) is 18.3 Å². The Morgan fingerprint density at radius 2 is 2.06 bits per heavy atom. The second kappa shape index (κ2) is 7.01. The van der Waals surface area contributed by atoms with E-state index in [0.717, 1.165) is 17.7 Å². The molecule has 4 heteroatoms. The lowest BCUT2D eigenvalue weighted by Gasteiger charge is -2.11. The zero-order chi connectivity index (χ0) is 13.5. The average Bonchev–Trinajstić information content (AvgIpc) is 2.28. The summed E-state index contributed by atoms with van der Waals surface area (Å²) in [4.78, 5) is 11.6. The molecule has 1 aromatic carbocycles. The Morgan fingerprint density at radius 3 is 2.67 bits per heavy atom. The Hall–Kier alpha value is -1.55. The maximum Gasteiger partial charge on any atom is 0.319 e. The molecule has 0 saturated carbocycles. The second-order valence-corrected chi connectivity index (χ2v) is 4.98. The van der Waals surface area contributed by atoms with Crippen LogP contribution in [0.4, 0.5) is 10.5 Å². The lowest BCUT2D eigenvalue weighted by atomic mass is 10.1. The standard InChI is InChI=1S/C14H23N3O/c1-10(2)7-8-16-14(18)17-13-6-4-5-12(9-13)11(3)15/h4-6,9-11H,7-8,15H2,1-3H3,(H2,16,17,18). The van der Waals surface area contributed by atoms with Crippen LogP contribution in [0.15, 0.2) is 24.3 Å². The highest BCUT2D eigenvalue weighted by Crippen LogP contribution is 2.15. The summed E-state index contributed by atoms with van der Waals surface area (Å²) in [7, 11) is 0. The number of anilines is 1. The molecule has 0 fully saturated rings. The summed E-state index contributed by atoms with van der Waals surface area (Å²) in [5, 5.41) is 5.64. The van der Waals surface area contributed by atoms with Crippen LogP contribution in [0.2, 0.25) is 0 Å². The molecule has 0 aliphatic heterocycles. The van der Waals surface area contributed by atoms with Crippen molar-refractivity contribution in [2.24, 2.45) is 11.7 Å². The van der Waals surface area contributed by atoms with Gasteiger partial charge in [0.05, 0.1) is 0 Å². The molecule has 0 aliphatic carbocycles. The molecule has 2 amide bonds. The first-order valence-corrected chi connectivity index (χ1v) is 6.39. The fourth-order valence-electron chi connectivity index (χ4n) is 1.55. The van der Waals surface area contributed by atoms with E-state index in [1.54, 1.807) is 0 Å². The molecule has 4 N–H and O–H groups in total. The molecule has 1 unspecified atom stereocenters. The van der Waals surface area contributed by atoms with Crippen molar-refractivity contribution >= 4 is 11.7 Å². The molecule has 0 saturated heterocycles. The molecule has 0 aromatic heterocycles. The van der Waals surface area contributed by atoms with E-state index in [1.165, 1.54) is 0 Å². The highest BCUT2D eigenvalue weighted by atomic mass is 16.2. The van der Waals surface area contributed by atoms with Gasteiger partial charge in [-0.3, -0.25) is 0 Å². The average molecular weight is 249 g/mol. The smallest absolute Gasteiger partial charge is 0.319 e. The van der Waals surface area contributed by atoms with Crippen molar-refractivity contribution in [2.75, 3.05) is 11.9 Å². The molecule has 0 heterocycles. The van der Waals surface area contributed by atoms with E-state index in [2.05, 4.69) is 24.5 Å². The van der Waals surface area contributed by atoms with Gasteiger partial charge in [-0.2, -0.15) is 0 Å². The van der Waals surface area contributed by atoms with Crippen molar-refractivity contribution in [1.29, 1.82) is 0 Å². The number of hydrogen-bond donors (Lipinski definition) is 3. The summed E-state index contributed by atoms with van der Waals surface area (Å²) in [6, 6.07) is 7.39. The summed E-state index contributed by atoms with van der Waals surface area (Å²) in [5.41, 5.74) is 7.58. The third-order valence-electron chi connectivity index (χ3n) is 2.68. The molecule has 1 atom stereocenters. The number of carbonyl (C=O) groups excluding carboxylic acids is 1. The number of benzene rings is 1. The van der Waals surface area contributed by atoms with Gasteiger partial charge in [-0.1, -0.05) is 26.0 Å². The lowest BCUT2D eigenvalue weighted by Crippen LogP contribution is -2.30. The monoisotopic (exact) mass is 249 g/mol. The summed E-state index contributed by atoms with van der Waals surface area (Å²) < 4.78 is 0. The van der Waals surface area contributed by atoms with Crippen LogP contribution in [0.25, 0.3) is 0 Å². The van der Waals surface area contributed by atoms with Gasteiger partial charge in [-0.15, -0.1) is 0 Å². The van der Waals surface area contributed by atoms with E-state index in [9.17, 15) is 4.79 Å². The number of nitrogens with one attached hydrogen (secondary N) is 2. The van der Waals surface area contributed by atoms with Crippen LogP contribution in [0.5, 0.6) is 0 Å². The predicted molar refractivity (Wildman–Crippen MR) is 75.5 cm³/mol. The molecular weight excluding hydrogens is 226 g/mol. The van der Waals surface area contributed by atoms with Gasteiger partial charge >= 0.3 is 6.03 Å². The quantitative estimate of drug-likeness (QED) is 0.751. The second-order valence-electron chi connectivity index (χ2n) is 4.98. The summed E-state index contributed by atoms with van der Waals surface area (Å²) >= 11 is 0. The molecule has 0 bridgehead atoms. The van der Waals surface area contributed by atoms with Crippen LogP contribution in [-0.4, -0.2) is 12.6 Å². The van der Waals surface area contributed by atoms with Crippen LogP contribution < -0.4 is 16.4 Å². The Balaban J connectivity index is 2.46. The molecular formula is C14H23N3O. The Morgan fingerprint density at radius 1 is 1.33 bits per heavy atom. The first-order chi connectivity index (χ1) is 8.49. The van der Waals surface area contributed by atoms with E-state index in [1.807, 2.05) is 31.2 Å². The number of nitrogens with two attached hydrogens (primary N) is 1. The first kappa shape index (κ1) is 14.5. The highest BCUT2D eigenvalue weighted by Gasteiger charge is 2.04. The van der Waals surface area contributed by atoms with E-state index < -0.39 is 0 Å². The number of urea groups is 1. The van der Waals surface area contributed by atoms with Crippen molar-refractivity contribution < 1.29 is 4.79 Å². The maximum absolute atomic E-state index is 11.6. The molecule has 1 rings (SSSR count). The van der Waals surface area contributed by atoms with Crippen LogP contribution >= 0.6 is 0 Å². The van der Waals surface area contributed by atoms with Gasteiger partial charge in [0.1, 0.15) is 0 Å². The summed E-state index contributed by atoms with van der Waals surface area (Å²) in [5.74, 6) is 0.590. The van der Waals surface area contributed by atoms with Crippen molar-refractivity contribution in [3.05, 3.63) is 29.8 Å². The molecule has 0 aliphatic rings. The molecule has 0 spiro atoms. The molecule has 1 aromatic rings. The number of hydrogen-bond acceptors (Lipinski definition) is 2. The fraction of sp³-hybridized carbons (Fsp3) is 0.500. The maximum atomic E-state index is 11.6. The van der Waals surface area contributed by atoms with Gasteiger partial charge in [-0.25, -0.2) is 4.79 Å². The van der Waals surface area contributed by atoms with Crippen LogP contribution in [-0.2, 0) is 0 Å². The Labute approximate surface area is 109 Å². The van der Waals surface area contributed by atoms with Gasteiger partial charge in [-0.05, 0) is 37.0 Å². The zero-order valence-corrected chi connectivity index (χ0v) is 11.4. The van der Waals surface area contributed by atoms with Gasteiger partial charge < -0.3 is 16.4 Å². The minimum atomic E-state index is -0.169. The lowest BCUT2D eigenvalue weighted by molar-refractivity contribution is 0.251. The van der Waals surface area contributed by atoms with Gasteiger partial charge in [0.25, 0.3) is 0 Å². The van der Waals surface area contributed by atoms with Crippen molar-refractivity contribution in [1.82, 2.24) is 5.32 Å². The summed E-state index contributed by atoms with van der Waals surface area (Å²) in [6.45, 7) is 6.87. The molecule has 0 radical (unpaired) electrons. The van der Waals surface area contributed by atoms with E-state index in [4.69, 9.17) is 5.73 Å². The van der Waals surface area contributed by atoms with Crippen molar-refractivity contribution in [3.8, 4) is 0 Å². The normalized spacial score (nSPS) is 12.3. The topological polar surface area (TPSA) is 67.2 Å². The number of rotatable bonds is 5.